The molecule has 0 atom stereocenters. The van der Waals surface area contributed by atoms with Gasteiger partial charge in [0.25, 0.3) is 5.91 Å². The van der Waals surface area contributed by atoms with E-state index in [1.165, 1.54) is 16.2 Å². The Morgan fingerprint density at radius 1 is 1.17 bits per heavy atom. The van der Waals surface area contributed by atoms with Crippen molar-refractivity contribution >= 4 is 39.2 Å². The van der Waals surface area contributed by atoms with E-state index in [1.54, 1.807) is 12.1 Å². The number of benzene rings is 1. The molecule has 0 bridgehead atoms. The van der Waals surface area contributed by atoms with Crippen LogP contribution < -0.4 is 15.8 Å². The molecular weight excluding hydrogens is 390 g/mol. The molecule has 0 radical (unpaired) electrons. The molecule has 3 heterocycles. The van der Waals surface area contributed by atoms with Gasteiger partial charge >= 0.3 is 6.09 Å². The fourth-order valence-corrected chi connectivity index (χ4v) is 4.15. The number of nitrogen functional groups attached to an aromatic ring is 1. The minimum absolute atomic E-state index is 0.147. The van der Waals surface area contributed by atoms with Gasteiger partial charge in [0, 0.05) is 18.5 Å². The van der Waals surface area contributed by atoms with Gasteiger partial charge in [0.2, 0.25) is 0 Å². The van der Waals surface area contributed by atoms with Crippen molar-refractivity contribution in [2.45, 2.75) is 26.8 Å². The predicted molar refractivity (Wildman–Crippen MR) is 111 cm³/mol. The van der Waals surface area contributed by atoms with E-state index in [1.807, 2.05) is 32.9 Å². The summed E-state index contributed by atoms with van der Waals surface area (Å²) < 4.78 is 5.34. The summed E-state index contributed by atoms with van der Waals surface area (Å²) in [4.78, 5) is 27.5. The third-order valence-corrected chi connectivity index (χ3v) is 6.13. The Morgan fingerprint density at radius 2 is 1.86 bits per heavy atom. The van der Waals surface area contributed by atoms with Crippen molar-refractivity contribution < 1.29 is 14.3 Å². The number of fused-ring (bicyclic) bond motifs is 1. The van der Waals surface area contributed by atoms with Crippen LogP contribution in [0.1, 0.15) is 26.5 Å². The summed E-state index contributed by atoms with van der Waals surface area (Å²) in [5.41, 5.74) is 9.44. The van der Waals surface area contributed by atoms with E-state index in [-0.39, 0.29) is 11.9 Å². The number of nitrogens with one attached hydrogen (secondary N) is 1. The number of carbonyl (C=O) groups is 2. The number of anilines is 1. The molecule has 2 aromatic heterocycles. The molecular formula is C20H21N5O3S. The Balaban J connectivity index is 1.37. The van der Waals surface area contributed by atoms with Crippen molar-refractivity contribution in [2.75, 3.05) is 18.8 Å². The Morgan fingerprint density at radius 3 is 2.55 bits per heavy atom. The van der Waals surface area contributed by atoms with Gasteiger partial charge in [-0.15, -0.1) is 16.4 Å². The highest BCUT2D eigenvalue weighted by Gasteiger charge is 2.34. The number of rotatable bonds is 3. The molecule has 0 aliphatic carbocycles. The van der Waals surface area contributed by atoms with Crippen molar-refractivity contribution in [1.29, 1.82) is 0 Å². The van der Waals surface area contributed by atoms with Crippen LogP contribution >= 0.6 is 11.3 Å². The van der Waals surface area contributed by atoms with Gasteiger partial charge in [-0.1, -0.05) is 17.7 Å². The summed E-state index contributed by atoms with van der Waals surface area (Å²) in [5.74, 6) is 0.233. The molecule has 3 aromatic rings. The Bertz CT molecular complexity index is 1100. The standard InChI is InChI=1S/C20H21N5O3S/c1-10-4-6-14(7-5-10)28-20(27)25-8-13(9-25)22-18(26)17-16(21)15-11(2)12(3)23-24-19(15)29-17/h4-7,13H,8-9,21H2,1-3H3,(H,22,26). The van der Waals surface area contributed by atoms with E-state index in [2.05, 4.69) is 15.5 Å². The van der Waals surface area contributed by atoms with Gasteiger partial charge in [0.15, 0.2) is 0 Å². The summed E-state index contributed by atoms with van der Waals surface area (Å²) in [6.45, 7) is 6.52. The third kappa shape index (κ3) is 3.61. The van der Waals surface area contributed by atoms with Gasteiger partial charge in [-0.2, -0.15) is 5.10 Å². The van der Waals surface area contributed by atoms with Gasteiger partial charge < -0.3 is 20.7 Å². The van der Waals surface area contributed by atoms with E-state index in [4.69, 9.17) is 10.5 Å². The number of aryl methyl sites for hydroxylation is 3. The highest BCUT2D eigenvalue weighted by atomic mass is 32.1. The zero-order valence-corrected chi connectivity index (χ0v) is 17.2. The molecule has 1 saturated heterocycles. The van der Waals surface area contributed by atoms with Crippen LogP contribution in [-0.4, -0.2) is 46.2 Å². The van der Waals surface area contributed by atoms with E-state index >= 15 is 0 Å². The minimum atomic E-state index is -0.429. The molecule has 0 saturated carbocycles. The van der Waals surface area contributed by atoms with E-state index in [0.717, 1.165) is 22.2 Å². The largest absolute Gasteiger partial charge is 0.415 e. The van der Waals surface area contributed by atoms with Crippen LogP contribution in [0.4, 0.5) is 10.5 Å². The molecule has 1 aliphatic heterocycles. The Labute approximate surface area is 171 Å². The minimum Gasteiger partial charge on any atom is -0.410 e. The molecule has 8 nitrogen and oxygen atoms in total. The normalized spacial score (nSPS) is 14.0. The summed E-state index contributed by atoms with van der Waals surface area (Å²) >= 11 is 1.23. The zero-order chi connectivity index (χ0) is 20.7. The highest BCUT2D eigenvalue weighted by Crippen LogP contribution is 2.34. The maximum atomic E-state index is 12.7. The second kappa shape index (κ2) is 7.32. The molecule has 2 amide bonds. The fourth-order valence-electron chi connectivity index (χ4n) is 3.15. The van der Waals surface area contributed by atoms with Gasteiger partial charge in [0.1, 0.15) is 15.5 Å². The lowest BCUT2D eigenvalue weighted by Crippen LogP contribution is -2.61. The molecule has 0 spiro atoms. The maximum absolute atomic E-state index is 12.7. The van der Waals surface area contributed by atoms with Gasteiger partial charge in [-0.3, -0.25) is 4.79 Å². The summed E-state index contributed by atoms with van der Waals surface area (Å²) in [6.07, 6.45) is -0.429. The molecule has 29 heavy (non-hydrogen) atoms. The Hall–Kier alpha value is -3.20. The molecule has 1 aliphatic rings. The monoisotopic (exact) mass is 411 g/mol. The van der Waals surface area contributed by atoms with Crippen LogP contribution in [-0.2, 0) is 0 Å². The zero-order valence-electron chi connectivity index (χ0n) is 16.4. The number of likely N-dealkylation sites (tertiary alicyclic amines) is 1. The quantitative estimate of drug-likeness (QED) is 0.686. The van der Waals surface area contributed by atoms with E-state index in [9.17, 15) is 9.59 Å². The van der Waals surface area contributed by atoms with Crippen molar-refractivity contribution in [2.24, 2.45) is 0 Å². The van der Waals surface area contributed by atoms with Crippen molar-refractivity contribution in [3.63, 3.8) is 0 Å². The van der Waals surface area contributed by atoms with Crippen molar-refractivity contribution in [3.8, 4) is 5.75 Å². The third-order valence-electron chi connectivity index (χ3n) is 5.04. The van der Waals surface area contributed by atoms with Gasteiger partial charge in [0.05, 0.1) is 17.4 Å². The van der Waals surface area contributed by atoms with Crippen LogP contribution in [0, 0.1) is 20.8 Å². The van der Waals surface area contributed by atoms with E-state index < -0.39 is 6.09 Å². The first-order valence-electron chi connectivity index (χ1n) is 9.19. The van der Waals surface area contributed by atoms with Crippen LogP contribution in [0.5, 0.6) is 5.75 Å². The predicted octanol–water partition coefficient (Wildman–Crippen LogP) is 2.81. The SMILES string of the molecule is Cc1ccc(OC(=O)N2CC(NC(=O)c3sc4nnc(C)c(C)c4c3N)C2)cc1. The fraction of sp³-hybridized carbons (Fsp3) is 0.300. The lowest BCUT2D eigenvalue weighted by atomic mass is 10.1. The number of nitrogens with zero attached hydrogens (tertiary/aromatic N) is 3. The number of amides is 2. The van der Waals surface area contributed by atoms with Crippen LogP contribution in [0.25, 0.3) is 10.2 Å². The van der Waals surface area contributed by atoms with Crippen molar-refractivity contribution in [1.82, 2.24) is 20.4 Å². The van der Waals surface area contributed by atoms with Gasteiger partial charge in [-0.05, 0) is 38.5 Å². The topological polar surface area (TPSA) is 110 Å². The van der Waals surface area contributed by atoms with Gasteiger partial charge in [-0.25, -0.2) is 4.79 Å². The molecule has 150 valence electrons. The number of hydrogen-bond acceptors (Lipinski definition) is 7. The first-order valence-corrected chi connectivity index (χ1v) is 10.0. The summed E-state index contributed by atoms with van der Waals surface area (Å²) in [6, 6.07) is 7.12. The smallest absolute Gasteiger partial charge is 0.410 e. The molecule has 1 aromatic carbocycles. The Kier molecular flexibility index (Phi) is 4.83. The van der Waals surface area contributed by atoms with Crippen LogP contribution in [0.3, 0.4) is 0 Å². The first-order chi connectivity index (χ1) is 13.8. The van der Waals surface area contributed by atoms with Crippen LogP contribution in [0.15, 0.2) is 24.3 Å². The summed E-state index contributed by atoms with van der Waals surface area (Å²) in [7, 11) is 0. The first kappa shape index (κ1) is 19.1. The number of hydrogen-bond donors (Lipinski definition) is 2. The van der Waals surface area contributed by atoms with E-state index in [0.29, 0.717) is 34.2 Å². The second-order valence-electron chi connectivity index (χ2n) is 7.19. The summed E-state index contributed by atoms with van der Waals surface area (Å²) in [5, 5.41) is 11.9. The number of carbonyl (C=O) groups excluding carboxylic acids is 2. The maximum Gasteiger partial charge on any atom is 0.415 e. The molecule has 3 N–H and O–H groups in total. The number of nitrogens with two attached hydrogens (primary N) is 1. The molecule has 1 fully saturated rings. The average molecular weight is 411 g/mol. The number of ether oxygens (including phenoxy) is 1. The highest BCUT2D eigenvalue weighted by molar-refractivity contribution is 7.21. The lowest BCUT2D eigenvalue weighted by Gasteiger charge is -2.38. The van der Waals surface area contributed by atoms with Crippen LogP contribution in [0.2, 0.25) is 0 Å². The molecule has 4 rings (SSSR count). The average Bonchev–Trinajstić information content (AvgIpc) is 3.00. The molecule has 0 unspecified atom stereocenters. The molecule has 9 heteroatoms. The number of thiophene rings is 1. The lowest BCUT2D eigenvalue weighted by molar-refractivity contribution is 0.0792. The number of aromatic nitrogens is 2. The second-order valence-corrected chi connectivity index (χ2v) is 8.19. The van der Waals surface area contributed by atoms with Crippen molar-refractivity contribution in [3.05, 3.63) is 46.0 Å².